The second-order valence-corrected chi connectivity index (χ2v) is 20.5. The Kier molecular flexibility index (Phi) is 13.9. The molecule has 0 unspecified atom stereocenters. The molecule has 5 aliphatic rings. The highest BCUT2D eigenvalue weighted by atomic mass is 35.5. The maximum absolute atomic E-state index is 16.2. The maximum atomic E-state index is 16.2. The Labute approximate surface area is 422 Å². The van der Waals surface area contributed by atoms with Gasteiger partial charge in [-0.3, -0.25) is 29.5 Å². The predicted octanol–water partition coefficient (Wildman–Crippen LogP) is 7.72. The van der Waals surface area contributed by atoms with Gasteiger partial charge in [-0.2, -0.15) is 0 Å². The summed E-state index contributed by atoms with van der Waals surface area (Å²) in [6.45, 7) is 8.83. The van der Waals surface area contributed by atoms with Gasteiger partial charge in [0.1, 0.15) is 11.6 Å². The van der Waals surface area contributed by atoms with Crippen LogP contribution in [0.15, 0.2) is 66.7 Å². The third-order valence-electron chi connectivity index (χ3n) is 16.1. The molecule has 3 saturated heterocycles. The first kappa shape index (κ1) is 49.3. The number of hydrogen-bond donors (Lipinski definition) is 3. The van der Waals surface area contributed by atoms with Crippen LogP contribution in [-0.2, 0) is 22.2 Å². The number of nitrogens with two attached hydrogens (primary N) is 1. The molecule has 4 fully saturated rings. The van der Waals surface area contributed by atoms with Gasteiger partial charge >= 0.3 is 6.03 Å². The monoisotopic (exact) mass is 1010 g/mol. The zero-order valence-electron chi connectivity index (χ0n) is 41.0. The minimum atomic E-state index is -1.06. The zero-order chi connectivity index (χ0) is 50.4. The topological polar surface area (TPSA) is 168 Å². The van der Waals surface area contributed by atoms with E-state index < -0.39 is 35.1 Å². The lowest BCUT2D eigenvalue weighted by Crippen LogP contribution is -2.49. The van der Waals surface area contributed by atoms with Crippen molar-refractivity contribution >= 4 is 58.0 Å². The first-order valence-electron chi connectivity index (χ1n) is 25.2. The summed E-state index contributed by atoms with van der Waals surface area (Å²) in [6.07, 6.45) is 6.53. The number of imide groups is 1. The molecule has 5 heterocycles. The Balaban J connectivity index is 0.710. The Morgan fingerprint density at radius 2 is 1.67 bits per heavy atom. The minimum absolute atomic E-state index is 0.00123. The lowest BCUT2D eigenvalue weighted by atomic mass is 9.77. The second-order valence-electron chi connectivity index (χ2n) is 20.1. The van der Waals surface area contributed by atoms with E-state index in [0.717, 1.165) is 119 Å². The van der Waals surface area contributed by atoms with Gasteiger partial charge in [0.2, 0.25) is 23.7 Å². The van der Waals surface area contributed by atoms with E-state index in [4.69, 9.17) is 31.8 Å². The molecule has 1 aliphatic carbocycles. The van der Waals surface area contributed by atoms with Gasteiger partial charge in [-0.1, -0.05) is 48.9 Å². The number of piperazine rings is 1. The Morgan fingerprint density at radius 3 is 2.36 bits per heavy atom. The summed E-state index contributed by atoms with van der Waals surface area (Å²) in [6, 6.07) is 19.0. The number of ether oxygens (including phenoxy) is 2. The molecule has 0 radical (unpaired) electrons. The summed E-state index contributed by atoms with van der Waals surface area (Å²) in [7, 11) is 3.33. The molecule has 0 bridgehead atoms. The van der Waals surface area contributed by atoms with E-state index in [9.17, 15) is 19.2 Å². The van der Waals surface area contributed by atoms with Gasteiger partial charge in [0.15, 0.2) is 17.2 Å². The number of piperidine rings is 1. The fraction of sp³-hybridized carbons (Fsp3) is 0.463. The number of nitrogens with zero attached hydrogens (tertiary/aromatic N) is 6. The van der Waals surface area contributed by atoms with Gasteiger partial charge in [-0.15, -0.1) is 0 Å². The fourth-order valence-corrected chi connectivity index (χ4v) is 12.1. The van der Waals surface area contributed by atoms with E-state index in [1.807, 2.05) is 62.5 Å². The van der Waals surface area contributed by atoms with Crippen LogP contribution in [0.3, 0.4) is 0 Å². The highest BCUT2D eigenvalue weighted by molar-refractivity contribution is 6.34. The Hall–Kier alpha value is -6.30. The van der Waals surface area contributed by atoms with Crippen molar-refractivity contribution in [2.45, 2.75) is 75.9 Å². The maximum Gasteiger partial charge on any atom is 0.328 e. The summed E-state index contributed by atoms with van der Waals surface area (Å²) in [5.74, 6) is -1.61. The number of amides is 5. The van der Waals surface area contributed by atoms with Crippen molar-refractivity contribution in [2.24, 2.45) is 24.6 Å². The van der Waals surface area contributed by atoms with Crippen LogP contribution in [0.1, 0.15) is 85.7 Å². The SMILES string of the molecule is COc1ccc(C(N)=O)c(-c2c(Cl)c(F)cc3c2[C@H](C)[C@@](CNC2CCC(C(=O)N4CCC(CCN5CCN(c6nc7cc(N8CCC(=O)NC8=O)ccc7n6C)CC5)CC4)CC2)(c2ccccc2)O3)c1F. The van der Waals surface area contributed by atoms with Gasteiger partial charge in [-0.25, -0.2) is 18.6 Å². The zero-order valence-corrected chi connectivity index (χ0v) is 41.8. The standard InChI is InChI=1S/C54H62ClF2N9O6/c1-32-45-43(30-39(56)48(55)47(45)46-38(50(58)68)14-16-42(71-3)49(46)57)72-54(32,35-7-5-4-6-8-35)31-59-36-11-9-34(10-12-36)51(69)64-22-18-33(19-23-64)17-21-63-25-27-65(28-26-63)52-60-40-29-37(13-15-41(40)62(52)2)66-24-20-44(67)61-53(66)70/h4-8,13-16,29-30,32-34,36,59H,9-12,17-28,31H2,1-3H3,(H2,58,68)(H,61,67,70)/t32-,34?,36?,54-/m0/s1. The number of urea groups is 1. The number of carbonyl (C=O) groups is 4. The van der Waals surface area contributed by atoms with Gasteiger partial charge in [0.05, 0.1) is 28.7 Å². The molecular weight excluding hydrogens is 944 g/mol. The third-order valence-corrected chi connectivity index (χ3v) is 16.5. The van der Waals surface area contributed by atoms with Crippen LogP contribution in [-0.4, -0.2) is 115 Å². The van der Waals surface area contributed by atoms with Crippen LogP contribution in [0.2, 0.25) is 5.02 Å². The number of fused-ring (bicyclic) bond motifs is 2. The highest BCUT2D eigenvalue weighted by Crippen LogP contribution is 2.56. The van der Waals surface area contributed by atoms with Crippen LogP contribution in [0.4, 0.5) is 25.2 Å². The normalized spacial score (nSPS) is 23.0. The molecule has 1 saturated carbocycles. The number of aromatic nitrogens is 2. The van der Waals surface area contributed by atoms with Gasteiger partial charge in [0.25, 0.3) is 0 Å². The van der Waals surface area contributed by atoms with Gasteiger partial charge in [0, 0.05) is 112 Å². The molecular formula is C54H62ClF2N9O6. The number of imidazole rings is 1. The molecule has 72 heavy (non-hydrogen) atoms. The number of aryl methyl sites for hydroxylation is 1. The van der Waals surface area contributed by atoms with E-state index in [-0.39, 0.29) is 63.4 Å². The first-order valence-corrected chi connectivity index (χ1v) is 25.6. The number of benzene rings is 4. The van der Waals surface area contributed by atoms with Crippen LogP contribution in [0.5, 0.6) is 11.5 Å². The van der Waals surface area contributed by atoms with Crippen LogP contribution in [0.25, 0.3) is 22.2 Å². The van der Waals surface area contributed by atoms with Gasteiger partial charge < -0.3 is 34.9 Å². The molecule has 18 heteroatoms. The molecule has 4 aromatic carbocycles. The molecule has 15 nitrogen and oxygen atoms in total. The van der Waals surface area contributed by atoms with E-state index >= 15 is 8.78 Å². The number of primary amides is 1. The quantitative estimate of drug-likeness (QED) is 0.106. The molecule has 380 valence electrons. The van der Waals surface area contributed by atoms with Crippen LogP contribution >= 0.6 is 11.6 Å². The third kappa shape index (κ3) is 9.23. The van der Waals surface area contributed by atoms with Crippen molar-refractivity contribution < 1.29 is 37.4 Å². The molecule has 0 spiro atoms. The number of likely N-dealkylation sites (tertiary alicyclic amines) is 1. The summed E-state index contributed by atoms with van der Waals surface area (Å²) < 4.78 is 46.2. The highest BCUT2D eigenvalue weighted by Gasteiger charge is 2.50. The number of carbonyl (C=O) groups excluding carboxylic acids is 4. The number of halogens is 3. The molecule has 4 N–H and O–H groups in total. The van der Waals surface area contributed by atoms with E-state index in [1.165, 1.54) is 25.3 Å². The average Bonchev–Trinajstić information content (AvgIpc) is 3.87. The van der Waals surface area contributed by atoms with Crippen molar-refractivity contribution in [3.8, 4) is 22.6 Å². The lowest BCUT2D eigenvalue weighted by Gasteiger charge is -2.39. The molecule has 4 aliphatic heterocycles. The second kappa shape index (κ2) is 20.3. The largest absolute Gasteiger partial charge is 0.494 e. The first-order chi connectivity index (χ1) is 34.7. The molecule has 2 atom stereocenters. The van der Waals surface area contributed by atoms with Gasteiger partial charge in [-0.05, 0) is 93.3 Å². The number of nitrogens with one attached hydrogen (secondary N) is 2. The van der Waals surface area contributed by atoms with Crippen molar-refractivity contribution in [3.05, 3.63) is 100 Å². The summed E-state index contributed by atoms with van der Waals surface area (Å²) in [5, 5.41) is 5.80. The summed E-state index contributed by atoms with van der Waals surface area (Å²) >= 11 is 6.71. The lowest BCUT2D eigenvalue weighted by molar-refractivity contribution is -0.138. The molecule has 5 amide bonds. The Morgan fingerprint density at radius 1 is 0.931 bits per heavy atom. The molecule has 1 aromatic heterocycles. The number of hydrogen-bond acceptors (Lipinski definition) is 10. The summed E-state index contributed by atoms with van der Waals surface area (Å²) in [5.41, 5.74) is 8.10. The smallest absolute Gasteiger partial charge is 0.328 e. The van der Waals surface area contributed by atoms with E-state index in [2.05, 4.69) is 29.9 Å². The fourth-order valence-electron chi connectivity index (χ4n) is 11.9. The predicted molar refractivity (Wildman–Crippen MR) is 272 cm³/mol. The Bertz CT molecular complexity index is 2900. The average molecular weight is 1010 g/mol. The van der Waals surface area contributed by atoms with E-state index in [0.29, 0.717) is 24.6 Å². The molecule has 5 aromatic rings. The van der Waals surface area contributed by atoms with Crippen molar-refractivity contribution in [3.63, 3.8) is 0 Å². The van der Waals surface area contributed by atoms with Crippen molar-refractivity contribution in [1.82, 2.24) is 30.0 Å². The van der Waals surface area contributed by atoms with E-state index in [1.54, 1.807) is 4.90 Å². The number of rotatable bonds is 13. The van der Waals surface area contributed by atoms with Crippen molar-refractivity contribution in [1.29, 1.82) is 0 Å². The minimum Gasteiger partial charge on any atom is -0.494 e. The van der Waals surface area contributed by atoms with Crippen LogP contribution in [0, 0.1) is 23.5 Å². The molecule has 10 rings (SSSR count). The van der Waals surface area contributed by atoms with Crippen LogP contribution < -0.4 is 35.6 Å². The number of methoxy groups -OCH3 is 1. The van der Waals surface area contributed by atoms with Crippen molar-refractivity contribution in [2.75, 3.05) is 75.8 Å². The number of anilines is 2. The summed E-state index contributed by atoms with van der Waals surface area (Å²) in [4.78, 5) is 64.3.